The van der Waals surface area contributed by atoms with Gasteiger partial charge in [-0.1, -0.05) is 0 Å². The van der Waals surface area contributed by atoms with Gasteiger partial charge in [0.05, 0.1) is 9.85 Å². The number of hydrogen-bond donors (Lipinski definition) is 0. The molecule has 0 atom stereocenters. The van der Waals surface area contributed by atoms with Crippen LogP contribution in [0.2, 0.25) is 0 Å². The SMILES string of the molecule is O=[N+]([O-])c1ccc(-n2cc[n+](C[n+]3ccn(-c4ccc([N+](=O)[O-])cc4)c3)c2)cc1.[Br-].[Br-]. The van der Waals surface area contributed by atoms with Crippen molar-refractivity contribution in [3.8, 4) is 11.4 Å². The predicted molar refractivity (Wildman–Crippen MR) is 101 cm³/mol. The molecule has 0 N–H and O–H groups in total. The molecule has 0 aliphatic carbocycles. The van der Waals surface area contributed by atoms with E-state index in [1.807, 2.05) is 55.7 Å². The van der Waals surface area contributed by atoms with Gasteiger partial charge in [0.15, 0.2) is 0 Å². The van der Waals surface area contributed by atoms with Crippen molar-refractivity contribution in [2.24, 2.45) is 0 Å². The molecule has 2 heterocycles. The van der Waals surface area contributed by atoms with Gasteiger partial charge in [-0.05, 0) is 24.3 Å². The van der Waals surface area contributed by atoms with Gasteiger partial charge in [-0.25, -0.2) is 9.13 Å². The third-order valence-corrected chi connectivity index (χ3v) is 4.43. The van der Waals surface area contributed by atoms with Crippen molar-refractivity contribution in [2.75, 3.05) is 0 Å². The van der Waals surface area contributed by atoms with Gasteiger partial charge < -0.3 is 34.0 Å². The first-order chi connectivity index (χ1) is 14.0. The highest BCUT2D eigenvalue weighted by Gasteiger charge is 2.13. The lowest BCUT2D eigenvalue weighted by atomic mass is 10.3. The van der Waals surface area contributed by atoms with E-state index < -0.39 is 9.85 Å². The van der Waals surface area contributed by atoms with Crippen LogP contribution in [0.25, 0.3) is 11.4 Å². The Morgan fingerprint density at radius 2 is 1.03 bits per heavy atom. The second-order valence-corrected chi connectivity index (χ2v) is 6.36. The fourth-order valence-corrected chi connectivity index (χ4v) is 2.94. The molecule has 0 radical (unpaired) electrons. The largest absolute Gasteiger partial charge is 1.00 e. The van der Waals surface area contributed by atoms with Crippen molar-refractivity contribution in [1.29, 1.82) is 0 Å². The summed E-state index contributed by atoms with van der Waals surface area (Å²) in [5, 5.41) is 21.5. The van der Waals surface area contributed by atoms with E-state index in [0.717, 1.165) is 11.4 Å². The van der Waals surface area contributed by atoms with Crippen molar-refractivity contribution in [1.82, 2.24) is 9.13 Å². The molecule has 0 saturated heterocycles. The maximum absolute atomic E-state index is 10.8. The van der Waals surface area contributed by atoms with Crippen LogP contribution < -0.4 is 43.1 Å². The van der Waals surface area contributed by atoms with Crippen LogP contribution >= 0.6 is 0 Å². The summed E-state index contributed by atoms with van der Waals surface area (Å²) in [4.78, 5) is 20.7. The van der Waals surface area contributed by atoms with E-state index in [4.69, 9.17) is 0 Å². The summed E-state index contributed by atoms with van der Waals surface area (Å²) in [6, 6.07) is 12.7. The van der Waals surface area contributed by atoms with Gasteiger partial charge in [0.25, 0.3) is 24.0 Å². The number of aromatic nitrogens is 4. The standard InChI is InChI=1S/C19H16N6O4.2BrH/c26-24(27)18-5-1-16(2-6-18)22-11-9-20(14-22)13-21-10-12-23(15-21)17-3-7-19(8-4-17)25(28)29;;/h1-12,14-15H,13H2;2*1H/q+2;;/p-2. The van der Waals surface area contributed by atoms with Crippen molar-refractivity contribution < 1.29 is 52.9 Å². The van der Waals surface area contributed by atoms with Crippen LogP contribution in [0.4, 0.5) is 11.4 Å². The molecule has 0 bridgehead atoms. The lowest BCUT2D eigenvalue weighted by Crippen LogP contribution is -3.00. The molecule has 2 aromatic carbocycles. The first-order valence-corrected chi connectivity index (χ1v) is 8.63. The number of non-ortho nitro benzene ring substituents is 2. The summed E-state index contributed by atoms with van der Waals surface area (Å²) in [5.74, 6) is 0. The van der Waals surface area contributed by atoms with Crippen molar-refractivity contribution >= 4 is 11.4 Å². The molecule has 0 fully saturated rings. The zero-order valence-electron chi connectivity index (χ0n) is 15.9. The summed E-state index contributed by atoms with van der Waals surface area (Å²) in [7, 11) is 0. The van der Waals surface area contributed by atoms with Crippen LogP contribution in [0.3, 0.4) is 0 Å². The first-order valence-electron chi connectivity index (χ1n) is 8.63. The van der Waals surface area contributed by atoms with Crippen LogP contribution in [0, 0.1) is 20.2 Å². The number of nitro benzene ring substituents is 2. The Labute approximate surface area is 197 Å². The molecule has 160 valence electrons. The molecule has 0 aliphatic rings. The average molecular weight is 552 g/mol. The second-order valence-electron chi connectivity index (χ2n) is 6.36. The normalized spacial score (nSPS) is 10.1. The van der Waals surface area contributed by atoms with Gasteiger partial charge in [-0.3, -0.25) is 20.2 Å². The Hall–Kier alpha value is -3.38. The zero-order valence-corrected chi connectivity index (χ0v) is 19.0. The number of imidazole rings is 2. The molecule has 0 aliphatic heterocycles. The number of nitrogens with zero attached hydrogens (tertiary/aromatic N) is 6. The van der Waals surface area contributed by atoms with E-state index in [0.29, 0.717) is 6.67 Å². The minimum atomic E-state index is -0.425. The summed E-state index contributed by atoms with van der Waals surface area (Å²) in [5.41, 5.74) is 1.75. The number of nitro groups is 2. The third-order valence-electron chi connectivity index (χ3n) is 4.43. The van der Waals surface area contributed by atoms with Crippen LogP contribution in [0.1, 0.15) is 0 Å². The fraction of sp³-hybridized carbons (Fsp3) is 0.0526. The fourth-order valence-electron chi connectivity index (χ4n) is 2.94. The summed E-state index contributed by atoms with van der Waals surface area (Å²) >= 11 is 0. The number of halogens is 2. The summed E-state index contributed by atoms with van der Waals surface area (Å²) < 4.78 is 7.67. The third kappa shape index (κ3) is 5.41. The molecule has 4 rings (SSSR count). The maximum Gasteiger partial charge on any atom is 0.269 e. The van der Waals surface area contributed by atoms with Crippen LogP contribution in [0.5, 0.6) is 0 Å². The minimum absolute atomic E-state index is 0. The highest BCUT2D eigenvalue weighted by atomic mass is 79.9. The predicted octanol–water partition coefficient (Wildman–Crippen LogP) is -3.83. The lowest BCUT2D eigenvalue weighted by molar-refractivity contribution is -0.912. The van der Waals surface area contributed by atoms with E-state index >= 15 is 0 Å². The van der Waals surface area contributed by atoms with Crippen molar-refractivity contribution in [3.63, 3.8) is 0 Å². The highest BCUT2D eigenvalue weighted by Crippen LogP contribution is 2.15. The van der Waals surface area contributed by atoms with Gasteiger partial charge in [0.2, 0.25) is 6.67 Å². The molecule has 2 aromatic heterocycles. The zero-order chi connectivity index (χ0) is 20.4. The first kappa shape index (κ1) is 23.9. The molecular formula is C19H16Br2N6O4. The van der Waals surface area contributed by atoms with Gasteiger partial charge in [0.1, 0.15) is 36.2 Å². The van der Waals surface area contributed by atoms with E-state index in [9.17, 15) is 20.2 Å². The summed E-state index contributed by atoms with van der Waals surface area (Å²) in [6.45, 7) is 0.556. The maximum atomic E-state index is 10.8. The smallest absolute Gasteiger partial charge is 0.269 e. The Morgan fingerprint density at radius 1 is 0.677 bits per heavy atom. The van der Waals surface area contributed by atoms with Crippen LogP contribution in [-0.4, -0.2) is 19.0 Å². The average Bonchev–Trinajstić information content (AvgIpc) is 3.38. The number of benzene rings is 2. The van der Waals surface area contributed by atoms with E-state index in [-0.39, 0.29) is 45.3 Å². The van der Waals surface area contributed by atoms with E-state index in [1.54, 1.807) is 24.3 Å². The minimum Gasteiger partial charge on any atom is -1.00 e. The van der Waals surface area contributed by atoms with Gasteiger partial charge in [-0.2, -0.15) is 9.13 Å². The Balaban J connectivity index is 0.00000171. The molecule has 31 heavy (non-hydrogen) atoms. The molecule has 0 saturated carbocycles. The molecular weight excluding hydrogens is 536 g/mol. The van der Waals surface area contributed by atoms with Crippen molar-refractivity contribution in [3.05, 3.63) is 106 Å². The molecule has 12 heteroatoms. The van der Waals surface area contributed by atoms with E-state index in [2.05, 4.69) is 0 Å². The molecule has 4 aromatic rings. The number of hydrogen-bond acceptors (Lipinski definition) is 4. The monoisotopic (exact) mass is 550 g/mol. The topological polar surface area (TPSA) is 104 Å². The van der Waals surface area contributed by atoms with Crippen molar-refractivity contribution in [2.45, 2.75) is 6.67 Å². The Morgan fingerprint density at radius 3 is 1.35 bits per heavy atom. The Kier molecular flexibility index (Phi) is 7.78. The van der Waals surface area contributed by atoms with Gasteiger partial charge in [0, 0.05) is 24.3 Å². The highest BCUT2D eigenvalue weighted by molar-refractivity contribution is 5.41. The Bertz CT molecular complexity index is 1100. The molecule has 0 unspecified atom stereocenters. The van der Waals surface area contributed by atoms with Gasteiger partial charge in [-0.15, -0.1) is 0 Å². The van der Waals surface area contributed by atoms with Crippen LogP contribution in [0.15, 0.2) is 86.0 Å². The quantitative estimate of drug-likeness (QED) is 0.139. The lowest BCUT2D eigenvalue weighted by Gasteiger charge is -1.96. The van der Waals surface area contributed by atoms with Crippen LogP contribution in [-0.2, 0) is 6.67 Å². The second kappa shape index (κ2) is 10.1. The number of rotatable bonds is 6. The van der Waals surface area contributed by atoms with E-state index in [1.165, 1.54) is 24.3 Å². The molecule has 0 amide bonds. The van der Waals surface area contributed by atoms with Gasteiger partial charge >= 0.3 is 0 Å². The molecule has 0 spiro atoms. The molecule has 10 nitrogen and oxygen atoms in total. The summed E-state index contributed by atoms with van der Waals surface area (Å²) in [6.07, 6.45) is 11.3.